The first kappa shape index (κ1) is 22.7. The SMILES string of the molecule is C=CCn1c(SCc2ccc(Cl)c(Cl)c2)nnc1-c1cc(-c2ccccc2)nc2ccccc12. The molecule has 4 nitrogen and oxygen atoms in total. The summed E-state index contributed by atoms with van der Waals surface area (Å²) in [6.07, 6.45) is 1.86. The second-order valence-corrected chi connectivity index (χ2v) is 9.44. The first-order valence-electron chi connectivity index (χ1n) is 10.7. The zero-order valence-corrected chi connectivity index (χ0v) is 20.5. The summed E-state index contributed by atoms with van der Waals surface area (Å²) in [5, 5.41) is 12.1. The number of allylic oxidation sites excluding steroid dienone is 1. The van der Waals surface area contributed by atoms with Crippen LogP contribution in [0.2, 0.25) is 10.0 Å². The van der Waals surface area contributed by atoms with E-state index >= 15 is 0 Å². The lowest BCUT2D eigenvalue weighted by Crippen LogP contribution is -2.02. The molecule has 168 valence electrons. The normalized spacial score (nSPS) is 11.1. The zero-order chi connectivity index (χ0) is 23.5. The molecule has 0 unspecified atom stereocenters. The number of fused-ring (bicyclic) bond motifs is 1. The van der Waals surface area contributed by atoms with Gasteiger partial charge in [0.15, 0.2) is 11.0 Å². The van der Waals surface area contributed by atoms with Crippen molar-refractivity contribution < 1.29 is 0 Å². The van der Waals surface area contributed by atoms with E-state index in [0.29, 0.717) is 22.3 Å². The number of hydrogen-bond acceptors (Lipinski definition) is 4. The van der Waals surface area contributed by atoms with Crippen molar-refractivity contribution in [3.8, 4) is 22.6 Å². The topological polar surface area (TPSA) is 43.6 Å². The quantitative estimate of drug-likeness (QED) is 0.167. The van der Waals surface area contributed by atoms with Crippen LogP contribution in [-0.2, 0) is 12.3 Å². The highest BCUT2D eigenvalue weighted by molar-refractivity contribution is 7.98. The Morgan fingerprint density at radius 1 is 0.882 bits per heavy atom. The molecule has 0 aliphatic carbocycles. The minimum absolute atomic E-state index is 0.546. The van der Waals surface area contributed by atoms with E-state index < -0.39 is 0 Å². The van der Waals surface area contributed by atoms with E-state index in [-0.39, 0.29) is 0 Å². The van der Waals surface area contributed by atoms with Gasteiger partial charge in [0.05, 0.1) is 21.3 Å². The lowest BCUT2D eigenvalue weighted by Gasteiger charge is -2.12. The molecule has 5 rings (SSSR count). The molecule has 0 amide bonds. The van der Waals surface area contributed by atoms with Gasteiger partial charge in [-0.3, -0.25) is 4.57 Å². The molecule has 2 heterocycles. The molecule has 0 bridgehead atoms. The molecular formula is C27H20Cl2N4S. The average Bonchev–Trinajstić information content (AvgIpc) is 3.27. The van der Waals surface area contributed by atoms with Crippen LogP contribution in [0, 0.1) is 0 Å². The molecule has 0 spiro atoms. The van der Waals surface area contributed by atoms with Crippen LogP contribution in [0.3, 0.4) is 0 Å². The van der Waals surface area contributed by atoms with Crippen LogP contribution >= 0.6 is 35.0 Å². The monoisotopic (exact) mass is 502 g/mol. The number of para-hydroxylation sites is 1. The Labute approximate surface area is 212 Å². The fourth-order valence-electron chi connectivity index (χ4n) is 3.78. The molecule has 0 N–H and O–H groups in total. The van der Waals surface area contributed by atoms with Crippen molar-refractivity contribution >= 4 is 45.9 Å². The Morgan fingerprint density at radius 3 is 2.47 bits per heavy atom. The van der Waals surface area contributed by atoms with Crippen LogP contribution in [0.1, 0.15) is 5.56 Å². The molecular weight excluding hydrogens is 483 g/mol. The standard InChI is InChI=1S/C27H20Cl2N4S/c1-2-14-33-26(31-32-27(33)34-17-18-12-13-22(28)23(29)15-18)21-16-25(19-8-4-3-5-9-19)30-24-11-7-6-10-20(21)24/h2-13,15-16H,1,14,17H2. The van der Waals surface area contributed by atoms with Gasteiger partial charge in [0.1, 0.15) is 0 Å². The van der Waals surface area contributed by atoms with E-state index in [0.717, 1.165) is 44.3 Å². The van der Waals surface area contributed by atoms with Crippen molar-refractivity contribution in [3.63, 3.8) is 0 Å². The molecule has 0 saturated carbocycles. The molecule has 5 aromatic rings. The van der Waals surface area contributed by atoms with Crippen LogP contribution < -0.4 is 0 Å². The number of thioether (sulfide) groups is 1. The van der Waals surface area contributed by atoms with Gasteiger partial charge in [-0.2, -0.15) is 0 Å². The maximum absolute atomic E-state index is 6.19. The summed E-state index contributed by atoms with van der Waals surface area (Å²) >= 11 is 13.8. The number of halogens is 2. The van der Waals surface area contributed by atoms with Gasteiger partial charge in [-0.1, -0.05) is 95.6 Å². The highest BCUT2D eigenvalue weighted by Crippen LogP contribution is 2.34. The smallest absolute Gasteiger partial charge is 0.192 e. The van der Waals surface area contributed by atoms with Gasteiger partial charge < -0.3 is 0 Å². The van der Waals surface area contributed by atoms with Crippen LogP contribution in [0.4, 0.5) is 0 Å². The second-order valence-electron chi connectivity index (χ2n) is 7.68. The molecule has 3 aromatic carbocycles. The Morgan fingerprint density at radius 2 is 1.68 bits per heavy atom. The van der Waals surface area contributed by atoms with Gasteiger partial charge in [-0.05, 0) is 29.8 Å². The fourth-order valence-corrected chi connectivity index (χ4v) is 4.99. The summed E-state index contributed by atoms with van der Waals surface area (Å²) in [4.78, 5) is 4.90. The minimum Gasteiger partial charge on any atom is -0.298 e. The third kappa shape index (κ3) is 4.60. The molecule has 0 atom stereocenters. The Bertz CT molecular complexity index is 1480. The van der Waals surface area contributed by atoms with E-state index in [1.807, 2.05) is 60.7 Å². The van der Waals surface area contributed by atoms with Crippen molar-refractivity contribution in [1.82, 2.24) is 19.7 Å². The highest BCUT2D eigenvalue weighted by atomic mass is 35.5. The fraction of sp³-hybridized carbons (Fsp3) is 0.0741. The molecule has 0 aliphatic heterocycles. The predicted octanol–water partition coefficient (Wildman–Crippen LogP) is 7.95. The van der Waals surface area contributed by atoms with Crippen molar-refractivity contribution in [3.05, 3.63) is 107 Å². The van der Waals surface area contributed by atoms with Gasteiger partial charge in [-0.25, -0.2) is 4.98 Å². The number of hydrogen-bond donors (Lipinski definition) is 0. The second kappa shape index (κ2) is 10.0. The molecule has 0 saturated heterocycles. The molecule has 2 aromatic heterocycles. The van der Waals surface area contributed by atoms with Crippen LogP contribution in [0.25, 0.3) is 33.5 Å². The third-order valence-electron chi connectivity index (χ3n) is 5.41. The Balaban J connectivity index is 1.58. The molecule has 34 heavy (non-hydrogen) atoms. The van der Waals surface area contributed by atoms with E-state index in [9.17, 15) is 0 Å². The van der Waals surface area contributed by atoms with Gasteiger partial charge in [0.25, 0.3) is 0 Å². The molecule has 0 fully saturated rings. The maximum Gasteiger partial charge on any atom is 0.192 e. The van der Waals surface area contributed by atoms with Gasteiger partial charge in [-0.15, -0.1) is 16.8 Å². The van der Waals surface area contributed by atoms with E-state index in [2.05, 4.69) is 45.6 Å². The molecule has 0 radical (unpaired) electrons. The number of aromatic nitrogens is 4. The van der Waals surface area contributed by atoms with Crippen LogP contribution in [0.5, 0.6) is 0 Å². The maximum atomic E-state index is 6.19. The summed E-state index contributed by atoms with van der Waals surface area (Å²) in [5.74, 6) is 1.48. The average molecular weight is 503 g/mol. The predicted molar refractivity (Wildman–Crippen MR) is 142 cm³/mol. The van der Waals surface area contributed by atoms with Crippen molar-refractivity contribution in [2.45, 2.75) is 17.5 Å². The van der Waals surface area contributed by atoms with E-state index in [1.165, 1.54) is 0 Å². The third-order valence-corrected chi connectivity index (χ3v) is 7.18. The largest absolute Gasteiger partial charge is 0.298 e. The lowest BCUT2D eigenvalue weighted by atomic mass is 10.0. The number of rotatable bonds is 7. The first-order chi connectivity index (χ1) is 16.6. The lowest BCUT2D eigenvalue weighted by molar-refractivity contribution is 0.731. The Hall–Kier alpha value is -3.12. The van der Waals surface area contributed by atoms with Crippen molar-refractivity contribution in [1.29, 1.82) is 0 Å². The summed E-state index contributed by atoms with van der Waals surface area (Å²) in [5.41, 5.74) is 4.91. The Kier molecular flexibility index (Phi) is 6.68. The summed E-state index contributed by atoms with van der Waals surface area (Å²) in [6, 6.07) is 26.0. The van der Waals surface area contributed by atoms with E-state index in [4.69, 9.17) is 28.2 Å². The first-order valence-corrected chi connectivity index (χ1v) is 12.4. The van der Waals surface area contributed by atoms with Gasteiger partial charge >= 0.3 is 0 Å². The van der Waals surface area contributed by atoms with Crippen molar-refractivity contribution in [2.24, 2.45) is 0 Å². The van der Waals surface area contributed by atoms with Crippen molar-refractivity contribution in [2.75, 3.05) is 0 Å². The summed E-state index contributed by atoms with van der Waals surface area (Å²) < 4.78 is 2.09. The highest BCUT2D eigenvalue weighted by Gasteiger charge is 2.18. The molecule has 0 aliphatic rings. The minimum atomic E-state index is 0.546. The summed E-state index contributed by atoms with van der Waals surface area (Å²) in [6.45, 7) is 4.54. The molecule has 7 heteroatoms. The number of benzene rings is 3. The van der Waals surface area contributed by atoms with Gasteiger partial charge in [0, 0.05) is 28.8 Å². The van der Waals surface area contributed by atoms with Crippen LogP contribution in [0.15, 0.2) is 96.7 Å². The van der Waals surface area contributed by atoms with E-state index in [1.54, 1.807) is 11.8 Å². The summed E-state index contributed by atoms with van der Waals surface area (Å²) in [7, 11) is 0. The van der Waals surface area contributed by atoms with Crippen LogP contribution in [-0.4, -0.2) is 19.7 Å². The zero-order valence-electron chi connectivity index (χ0n) is 18.2. The van der Waals surface area contributed by atoms with Gasteiger partial charge in [0.2, 0.25) is 0 Å². The number of pyridine rings is 1. The number of nitrogens with zero attached hydrogens (tertiary/aromatic N) is 4.